The lowest BCUT2D eigenvalue weighted by molar-refractivity contribution is 0.0954. The van der Waals surface area contributed by atoms with Crippen molar-refractivity contribution in [2.75, 3.05) is 30.1 Å². The molecule has 8 heteroatoms. The van der Waals surface area contributed by atoms with Gasteiger partial charge in [-0.15, -0.1) is 12.4 Å². The van der Waals surface area contributed by atoms with Crippen molar-refractivity contribution in [3.8, 4) is 0 Å². The number of amides is 1. The topological polar surface area (TPSA) is 87.3 Å². The minimum absolute atomic E-state index is 0. The Balaban J connectivity index is 0.00000441. The van der Waals surface area contributed by atoms with Gasteiger partial charge in [-0.25, -0.2) is 8.42 Å². The normalized spacial score (nSPS) is 10.6. The molecule has 0 atom stereocenters. The molecule has 1 amide bonds. The Morgan fingerprint density at radius 3 is 2.27 bits per heavy atom. The second-order valence-corrected chi connectivity index (χ2v) is 6.45. The molecule has 6 nitrogen and oxygen atoms in total. The summed E-state index contributed by atoms with van der Waals surface area (Å²) in [5, 5.41) is 5.89. The number of hydrogen-bond donors (Lipinski definition) is 3. The number of nitrogens with one attached hydrogen (secondary N) is 3. The van der Waals surface area contributed by atoms with Gasteiger partial charge in [0.1, 0.15) is 0 Å². The van der Waals surface area contributed by atoms with Crippen LogP contribution in [-0.4, -0.2) is 39.7 Å². The fraction of sp³-hybridized carbons (Fsp3) is 0.500. The Bertz CT molecular complexity index is 547. The van der Waals surface area contributed by atoms with E-state index in [1.165, 1.54) is 0 Å². The molecule has 0 aliphatic heterocycles. The van der Waals surface area contributed by atoms with Crippen LogP contribution >= 0.6 is 12.4 Å². The maximum Gasteiger partial charge on any atom is 0.251 e. The lowest BCUT2D eigenvalue weighted by atomic mass is 10.2. The first-order valence-corrected chi connectivity index (χ1v) is 8.73. The van der Waals surface area contributed by atoms with Gasteiger partial charge in [0, 0.05) is 24.3 Å². The van der Waals surface area contributed by atoms with Gasteiger partial charge >= 0.3 is 0 Å². The average molecular weight is 350 g/mol. The van der Waals surface area contributed by atoms with Crippen LogP contribution in [0.3, 0.4) is 0 Å². The third-order valence-corrected chi connectivity index (χ3v) is 4.22. The molecular formula is C14H24ClN3O3S. The highest BCUT2D eigenvalue weighted by Gasteiger charge is 2.09. The Hall–Kier alpha value is -1.31. The van der Waals surface area contributed by atoms with E-state index >= 15 is 0 Å². The van der Waals surface area contributed by atoms with E-state index in [0.29, 0.717) is 24.2 Å². The Morgan fingerprint density at radius 1 is 1.09 bits per heavy atom. The van der Waals surface area contributed by atoms with E-state index in [0.717, 1.165) is 13.1 Å². The molecule has 0 heterocycles. The fourth-order valence-corrected chi connectivity index (χ4v) is 2.87. The van der Waals surface area contributed by atoms with Gasteiger partial charge in [-0.1, -0.05) is 13.8 Å². The van der Waals surface area contributed by atoms with Crippen LogP contribution in [-0.2, 0) is 10.0 Å². The van der Waals surface area contributed by atoms with Crippen molar-refractivity contribution in [2.24, 2.45) is 0 Å². The maximum atomic E-state index is 11.8. The maximum absolute atomic E-state index is 11.8. The Morgan fingerprint density at radius 2 is 1.73 bits per heavy atom. The monoisotopic (exact) mass is 349 g/mol. The molecule has 1 aromatic rings. The van der Waals surface area contributed by atoms with Gasteiger partial charge in [-0.2, -0.15) is 0 Å². The van der Waals surface area contributed by atoms with Crippen molar-refractivity contribution in [2.45, 2.75) is 20.3 Å². The number of anilines is 1. The summed E-state index contributed by atoms with van der Waals surface area (Å²) in [6.45, 7) is 5.94. The van der Waals surface area contributed by atoms with Gasteiger partial charge < -0.3 is 10.6 Å². The third-order valence-electron chi connectivity index (χ3n) is 2.73. The lowest BCUT2D eigenvalue weighted by Gasteiger charge is -2.08. The molecule has 126 valence electrons. The van der Waals surface area contributed by atoms with Crippen LogP contribution in [0, 0.1) is 0 Å². The van der Waals surface area contributed by atoms with Crippen molar-refractivity contribution in [3.63, 3.8) is 0 Å². The fourth-order valence-electron chi connectivity index (χ4n) is 1.73. The Labute approximate surface area is 138 Å². The second-order valence-electron chi connectivity index (χ2n) is 4.61. The number of sulfonamides is 1. The molecule has 0 aliphatic rings. The van der Waals surface area contributed by atoms with Gasteiger partial charge in [-0.3, -0.25) is 9.52 Å². The van der Waals surface area contributed by atoms with Crippen molar-refractivity contribution < 1.29 is 13.2 Å². The summed E-state index contributed by atoms with van der Waals surface area (Å²) in [5.74, 6) is -0.0875. The highest BCUT2D eigenvalue weighted by Crippen LogP contribution is 2.11. The van der Waals surface area contributed by atoms with Crippen molar-refractivity contribution >= 4 is 34.0 Å². The SMILES string of the molecule is CCCS(=O)(=O)Nc1ccc(C(=O)NCCNCC)cc1.Cl. The molecule has 1 rings (SSSR count). The molecule has 0 saturated carbocycles. The van der Waals surface area contributed by atoms with Crippen LogP contribution in [0.2, 0.25) is 0 Å². The summed E-state index contributed by atoms with van der Waals surface area (Å²) in [5.41, 5.74) is 0.970. The molecule has 0 saturated heterocycles. The summed E-state index contributed by atoms with van der Waals surface area (Å²) >= 11 is 0. The number of benzene rings is 1. The molecule has 22 heavy (non-hydrogen) atoms. The van der Waals surface area contributed by atoms with Crippen LogP contribution in [0.15, 0.2) is 24.3 Å². The van der Waals surface area contributed by atoms with Crippen LogP contribution in [0.4, 0.5) is 5.69 Å². The van der Waals surface area contributed by atoms with Gasteiger partial charge in [0.05, 0.1) is 5.75 Å². The summed E-state index contributed by atoms with van der Waals surface area (Å²) < 4.78 is 25.7. The van der Waals surface area contributed by atoms with E-state index < -0.39 is 10.0 Å². The first-order valence-electron chi connectivity index (χ1n) is 7.08. The van der Waals surface area contributed by atoms with Crippen LogP contribution in [0.25, 0.3) is 0 Å². The zero-order valence-electron chi connectivity index (χ0n) is 12.9. The zero-order chi connectivity index (χ0) is 15.7. The van der Waals surface area contributed by atoms with Crippen LogP contribution in [0.5, 0.6) is 0 Å². The highest BCUT2D eigenvalue weighted by molar-refractivity contribution is 7.92. The van der Waals surface area contributed by atoms with E-state index in [1.807, 2.05) is 6.92 Å². The summed E-state index contributed by atoms with van der Waals surface area (Å²) in [6.07, 6.45) is 0.557. The summed E-state index contributed by atoms with van der Waals surface area (Å²) in [7, 11) is -3.30. The number of rotatable bonds is 9. The van der Waals surface area contributed by atoms with Crippen LogP contribution < -0.4 is 15.4 Å². The minimum Gasteiger partial charge on any atom is -0.351 e. The predicted molar refractivity (Wildman–Crippen MR) is 92.3 cm³/mol. The average Bonchev–Trinajstić information content (AvgIpc) is 2.43. The minimum atomic E-state index is -3.30. The number of carbonyl (C=O) groups is 1. The molecule has 0 radical (unpaired) electrons. The van der Waals surface area contributed by atoms with E-state index in [9.17, 15) is 13.2 Å². The quantitative estimate of drug-likeness (QED) is 0.591. The Kier molecular flexibility index (Phi) is 9.80. The first kappa shape index (κ1) is 20.7. The molecule has 1 aromatic carbocycles. The third kappa shape index (κ3) is 7.63. The summed E-state index contributed by atoms with van der Waals surface area (Å²) in [4.78, 5) is 11.8. The largest absolute Gasteiger partial charge is 0.351 e. The number of carbonyl (C=O) groups excluding carboxylic acids is 1. The van der Waals surface area contributed by atoms with Crippen molar-refractivity contribution in [1.82, 2.24) is 10.6 Å². The molecule has 3 N–H and O–H groups in total. The standard InChI is InChI=1S/C14H23N3O3S.ClH/c1-3-11-21(19,20)17-13-7-5-12(6-8-13)14(18)16-10-9-15-4-2;/h5-8,15,17H,3-4,9-11H2,1-2H3,(H,16,18);1H. The number of hydrogen-bond acceptors (Lipinski definition) is 4. The predicted octanol–water partition coefficient (Wildman–Crippen LogP) is 1.60. The van der Waals surface area contributed by atoms with E-state index in [1.54, 1.807) is 31.2 Å². The molecular weight excluding hydrogens is 326 g/mol. The van der Waals surface area contributed by atoms with Gasteiger partial charge in [0.15, 0.2) is 0 Å². The highest BCUT2D eigenvalue weighted by atomic mass is 35.5. The molecule has 0 fully saturated rings. The van der Waals surface area contributed by atoms with Gasteiger partial charge in [0.25, 0.3) is 5.91 Å². The van der Waals surface area contributed by atoms with Gasteiger partial charge in [0.2, 0.25) is 10.0 Å². The van der Waals surface area contributed by atoms with E-state index in [2.05, 4.69) is 15.4 Å². The number of halogens is 1. The zero-order valence-corrected chi connectivity index (χ0v) is 14.5. The molecule has 0 bridgehead atoms. The van der Waals surface area contributed by atoms with Crippen molar-refractivity contribution in [1.29, 1.82) is 0 Å². The lowest BCUT2D eigenvalue weighted by Crippen LogP contribution is -2.31. The summed E-state index contributed by atoms with van der Waals surface area (Å²) in [6, 6.07) is 6.39. The van der Waals surface area contributed by atoms with Gasteiger partial charge in [-0.05, 0) is 37.2 Å². The molecule has 0 aromatic heterocycles. The second kappa shape index (κ2) is 10.4. The smallest absolute Gasteiger partial charge is 0.251 e. The number of likely N-dealkylation sites (N-methyl/N-ethyl adjacent to an activating group) is 1. The van der Waals surface area contributed by atoms with Crippen LogP contribution in [0.1, 0.15) is 30.6 Å². The molecule has 0 unspecified atom stereocenters. The first-order chi connectivity index (χ1) is 9.98. The van der Waals surface area contributed by atoms with E-state index in [-0.39, 0.29) is 24.1 Å². The van der Waals surface area contributed by atoms with Crippen molar-refractivity contribution in [3.05, 3.63) is 29.8 Å². The van der Waals surface area contributed by atoms with E-state index in [4.69, 9.17) is 0 Å². The molecule has 0 aliphatic carbocycles. The molecule has 0 spiro atoms.